The summed E-state index contributed by atoms with van der Waals surface area (Å²) in [6.45, 7) is 0.889. The zero-order chi connectivity index (χ0) is 18.6. The number of amides is 1. The number of anilines is 1. The molecule has 0 unspecified atom stereocenters. The molecule has 4 N–H and O–H groups in total. The number of benzene rings is 2. The van der Waals surface area contributed by atoms with E-state index in [9.17, 15) is 4.79 Å². The van der Waals surface area contributed by atoms with Crippen molar-refractivity contribution < 1.29 is 9.53 Å². The third-order valence-corrected chi connectivity index (χ3v) is 4.88. The van der Waals surface area contributed by atoms with Gasteiger partial charge in [-0.15, -0.1) is 0 Å². The molecule has 2 aromatic carbocycles. The number of aromatic nitrogens is 3. The van der Waals surface area contributed by atoms with Crippen molar-refractivity contribution in [2.75, 3.05) is 18.5 Å². The highest BCUT2D eigenvalue weighted by atomic mass is 32.1. The van der Waals surface area contributed by atoms with Crippen LogP contribution in [0.5, 0.6) is 5.75 Å². The van der Waals surface area contributed by atoms with E-state index >= 15 is 0 Å². The number of aromatic amines is 1. The van der Waals surface area contributed by atoms with Gasteiger partial charge in [0, 0.05) is 23.9 Å². The van der Waals surface area contributed by atoms with Crippen molar-refractivity contribution in [3.8, 4) is 16.9 Å². The molecule has 136 valence electrons. The molecule has 0 saturated carbocycles. The van der Waals surface area contributed by atoms with Crippen LogP contribution in [0.4, 0.5) is 5.13 Å². The highest BCUT2D eigenvalue weighted by Crippen LogP contribution is 2.30. The van der Waals surface area contributed by atoms with E-state index in [-0.39, 0.29) is 5.91 Å². The molecule has 0 fully saturated rings. The van der Waals surface area contributed by atoms with Gasteiger partial charge in [0.05, 0.1) is 16.4 Å². The molecule has 7 nitrogen and oxygen atoms in total. The van der Waals surface area contributed by atoms with Crippen molar-refractivity contribution in [2.24, 2.45) is 5.73 Å². The maximum absolute atomic E-state index is 12.5. The van der Waals surface area contributed by atoms with Crippen LogP contribution in [0.15, 0.2) is 54.9 Å². The molecule has 2 aromatic heterocycles. The Morgan fingerprint density at radius 3 is 2.78 bits per heavy atom. The van der Waals surface area contributed by atoms with Gasteiger partial charge in [-0.25, -0.2) is 4.98 Å². The third-order valence-electron chi connectivity index (χ3n) is 3.94. The van der Waals surface area contributed by atoms with E-state index in [1.807, 2.05) is 24.4 Å². The van der Waals surface area contributed by atoms with E-state index < -0.39 is 0 Å². The molecule has 0 atom stereocenters. The molecule has 0 aliphatic heterocycles. The Hall–Kier alpha value is -3.23. The Morgan fingerprint density at radius 2 is 2.04 bits per heavy atom. The molecular formula is C19H17N5O2S. The Morgan fingerprint density at radius 1 is 1.19 bits per heavy atom. The van der Waals surface area contributed by atoms with Crippen LogP contribution in [0.25, 0.3) is 21.3 Å². The van der Waals surface area contributed by atoms with Crippen LogP contribution in [-0.4, -0.2) is 34.2 Å². The van der Waals surface area contributed by atoms with E-state index in [0.717, 1.165) is 21.3 Å². The lowest BCUT2D eigenvalue weighted by Gasteiger charge is -2.05. The molecule has 27 heavy (non-hydrogen) atoms. The quantitative estimate of drug-likeness (QED) is 0.477. The number of nitrogens with one attached hydrogen (secondary N) is 2. The molecule has 2 heterocycles. The molecule has 0 spiro atoms. The van der Waals surface area contributed by atoms with Crippen LogP contribution >= 0.6 is 11.3 Å². The van der Waals surface area contributed by atoms with Crippen molar-refractivity contribution in [1.29, 1.82) is 0 Å². The first-order valence-electron chi connectivity index (χ1n) is 8.37. The first-order valence-corrected chi connectivity index (χ1v) is 9.18. The van der Waals surface area contributed by atoms with E-state index in [4.69, 9.17) is 10.5 Å². The lowest BCUT2D eigenvalue weighted by molar-refractivity contribution is 0.102. The second-order valence-electron chi connectivity index (χ2n) is 5.80. The highest BCUT2D eigenvalue weighted by molar-refractivity contribution is 7.22. The van der Waals surface area contributed by atoms with E-state index in [2.05, 4.69) is 20.5 Å². The van der Waals surface area contributed by atoms with Crippen molar-refractivity contribution in [2.45, 2.75) is 0 Å². The van der Waals surface area contributed by atoms with Gasteiger partial charge in [0.2, 0.25) is 0 Å². The normalized spacial score (nSPS) is 10.9. The number of carbonyl (C=O) groups is 1. The monoisotopic (exact) mass is 379 g/mol. The maximum atomic E-state index is 12.5. The summed E-state index contributed by atoms with van der Waals surface area (Å²) in [5.41, 5.74) is 8.84. The minimum absolute atomic E-state index is 0.213. The Balaban J connectivity index is 1.50. The smallest absolute Gasteiger partial charge is 0.257 e. The number of nitrogens with zero attached hydrogens (tertiary/aromatic N) is 2. The molecule has 0 aliphatic carbocycles. The summed E-state index contributed by atoms with van der Waals surface area (Å²) in [7, 11) is 0. The molecule has 4 aromatic rings. The summed E-state index contributed by atoms with van der Waals surface area (Å²) >= 11 is 1.43. The summed E-state index contributed by atoms with van der Waals surface area (Å²) in [5.74, 6) is 0.471. The Labute approximate surface area is 159 Å². The maximum Gasteiger partial charge on any atom is 0.257 e. The summed E-state index contributed by atoms with van der Waals surface area (Å²) in [4.78, 5) is 16.9. The van der Waals surface area contributed by atoms with Crippen molar-refractivity contribution in [1.82, 2.24) is 15.2 Å². The third kappa shape index (κ3) is 3.81. The van der Waals surface area contributed by atoms with E-state index in [1.165, 1.54) is 11.3 Å². The van der Waals surface area contributed by atoms with Crippen molar-refractivity contribution in [3.63, 3.8) is 0 Å². The van der Waals surface area contributed by atoms with Crippen LogP contribution in [0.2, 0.25) is 0 Å². The molecule has 0 aliphatic rings. The first kappa shape index (κ1) is 17.2. The van der Waals surface area contributed by atoms with Gasteiger partial charge in [-0.2, -0.15) is 5.10 Å². The van der Waals surface area contributed by atoms with Crippen molar-refractivity contribution in [3.05, 3.63) is 60.4 Å². The predicted molar refractivity (Wildman–Crippen MR) is 106 cm³/mol. The van der Waals surface area contributed by atoms with Crippen LogP contribution in [0.1, 0.15) is 10.4 Å². The van der Waals surface area contributed by atoms with Crippen molar-refractivity contribution >= 4 is 32.6 Å². The fraction of sp³-hybridized carbons (Fsp3) is 0.105. The van der Waals surface area contributed by atoms with E-state index in [0.29, 0.717) is 29.6 Å². The van der Waals surface area contributed by atoms with Gasteiger partial charge in [-0.1, -0.05) is 17.4 Å². The number of nitrogens with two attached hydrogens (primary N) is 1. The summed E-state index contributed by atoms with van der Waals surface area (Å²) in [6.07, 6.45) is 3.61. The summed E-state index contributed by atoms with van der Waals surface area (Å²) in [5, 5.41) is 10.2. The summed E-state index contributed by atoms with van der Waals surface area (Å²) in [6, 6.07) is 12.9. The zero-order valence-corrected chi connectivity index (χ0v) is 15.1. The predicted octanol–water partition coefficient (Wildman–Crippen LogP) is 3.28. The number of carbonyl (C=O) groups excluding carboxylic acids is 1. The number of hydrogen-bond donors (Lipinski definition) is 3. The highest BCUT2D eigenvalue weighted by Gasteiger charge is 2.11. The van der Waals surface area contributed by atoms with Gasteiger partial charge in [-0.05, 0) is 42.0 Å². The molecule has 1 amide bonds. The van der Waals surface area contributed by atoms with Gasteiger partial charge in [-0.3, -0.25) is 15.2 Å². The van der Waals surface area contributed by atoms with Gasteiger partial charge in [0.15, 0.2) is 5.13 Å². The van der Waals surface area contributed by atoms with Gasteiger partial charge >= 0.3 is 0 Å². The average molecular weight is 379 g/mol. The fourth-order valence-corrected chi connectivity index (χ4v) is 3.52. The fourth-order valence-electron chi connectivity index (χ4n) is 2.62. The minimum Gasteiger partial charge on any atom is -0.492 e. The zero-order valence-electron chi connectivity index (χ0n) is 14.3. The Kier molecular flexibility index (Phi) is 4.82. The lowest BCUT2D eigenvalue weighted by atomic mass is 10.1. The second kappa shape index (κ2) is 7.56. The number of fused-ring (bicyclic) bond motifs is 1. The van der Waals surface area contributed by atoms with Crippen LogP contribution in [0.3, 0.4) is 0 Å². The standard InChI is InChI=1S/C19H17N5O2S/c20-7-8-26-15-4-1-12(2-5-15)18(25)24-19-23-16-6-3-13(9-17(16)27-19)14-10-21-22-11-14/h1-6,9-11H,7-8,20H2,(H,21,22)(H,23,24,25). The second-order valence-corrected chi connectivity index (χ2v) is 6.83. The van der Waals surface area contributed by atoms with Crippen LogP contribution < -0.4 is 15.8 Å². The average Bonchev–Trinajstić information content (AvgIpc) is 3.35. The van der Waals surface area contributed by atoms with Gasteiger partial charge in [0.1, 0.15) is 12.4 Å². The van der Waals surface area contributed by atoms with Crippen LogP contribution in [-0.2, 0) is 0 Å². The number of hydrogen-bond acceptors (Lipinski definition) is 6. The molecule has 0 radical (unpaired) electrons. The van der Waals surface area contributed by atoms with Crippen LogP contribution in [0, 0.1) is 0 Å². The number of rotatable bonds is 6. The molecule has 0 saturated heterocycles. The topological polar surface area (TPSA) is 106 Å². The minimum atomic E-state index is -0.213. The Bertz CT molecular complexity index is 1060. The molecule has 8 heteroatoms. The first-order chi connectivity index (χ1) is 13.2. The van der Waals surface area contributed by atoms with Gasteiger partial charge in [0.25, 0.3) is 5.91 Å². The number of ether oxygens (including phenoxy) is 1. The molecular weight excluding hydrogens is 362 g/mol. The van der Waals surface area contributed by atoms with E-state index in [1.54, 1.807) is 30.5 Å². The summed E-state index contributed by atoms with van der Waals surface area (Å²) < 4.78 is 6.41. The molecule has 4 rings (SSSR count). The number of H-pyrrole nitrogens is 1. The number of thiazole rings is 1. The lowest BCUT2D eigenvalue weighted by Crippen LogP contribution is -2.12. The SMILES string of the molecule is NCCOc1ccc(C(=O)Nc2nc3ccc(-c4cn[nH]c4)cc3s2)cc1. The van der Waals surface area contributed by atoms with Gasteiger partial charge < -0.3 is 10.5 Å². The largest absolute Gasteiger partial charge is 0.492 e. The molecule has 0 bridgehead atoms.